The summed E-state index contributed by atoms with van der Waals surface area (Å²) in [6.45, 7) is 0.209. The van der Waals surface area contributed by atoms with Crippen LogP contribution in [0.15, 0.2) is 24.3 Å². The highest BCUT2D eigenvalue weighted by Gasteiger charge is 2.35. The number of Topliss-reactive ketones (excluding diaryl/α,β-unsaturated/α-hetero) is 1. The van der Waals surface area contributed by atoms with Gasteiger partial charge in [0.25, 0.3) is 0 Å². The average Bonchev–Trinajstić information content (AvgIpc) is 2.81. The molecule has 1 amide bonds. The first kappa shape index (κ1) is 14.2. The molecule has 6 heteroatoms. The van der Waals surface area contributed by atoms with E-state index >= 15 is 0 Å². The number of anilines is 1. The molecule has 0 radical (unpaired) electrons. The number of halogens is 1. The van der Waals surface area contributed by atoms with E-state index in [1.807, 2.05) is 0 Å². The maximum absolute atomic E-state index is 12.8. The van der Waals surface area contributed by atoms with Gasteiger partial charge < -0.3 is 9.64 Å². The Morgan fingerprint density at radius 2 is 2.00 bits per heavy atom. The summed E-state index contributed by atoms with van der Waals surface area (Å²) in [7, 11) is 1.21. The van der Waals surface area contributed by atoms with E-state index in [9.17, 15) is 18.8 Å². The molecular formula is C14H14FNO4. The number of rotatable bonds is 4. The number of hydrogen-bond acceptors (Lipinski definition) is 4. The lowest BCUT2D eigenvalue weighted by atomic mass is 10.0. The van der Waals surface area contributed by atoms with Crippen LogP contribution >= 0.6 is 0 Å². The fourth-order valence-electron chi connectivity index (χ4n) is 2.15. The molecule has 1 aliphatic heterocycles. The molecule has 0 aromatic heterocycles. The lowest BCUT2D eigenvalue weighted by Gasteiger charge is -2.16. The van der Waals surface area contributed by atoms with E-state index in [4.69, 9.17) is 0 Å². The van der Waals surface area contributed by atoms with Gasteiger partial charge in [0, 0.05) is 24.6 Å². The number of benzene rings is 1. The number of carbonyl (C=O) groups excluding carboxylic acids is 3. The van der Waals surface area contributed by atoms with Gasteiger partial charge in [-0.05, 0) is 24.3 Å². The molecule has 1 aromatic rings. The van der Waals surface area contributed by atoms with Crippen molar-refractivity contribution in [1.82, 2.24) is 0 Å². The van der Waals surface area contributed by atoms with Gasteiger partial charge in [-0.25, -0.2) is 4.39 Å². The summed E-state index contributed by atoms with van der Waals surface area (Å²) in [5, 5.41) is 0. The molecule has 1 saturated heterocycles. The molecule has 20 heavy (non-hydrogen) atoms. The molecule has 0 N–H and O–H groups in total. The number of methoxy groups -OCH3 is 1. The van der Waals surface area contributed by atoms with Gasteiger partial charge in [0.2, 0.25) is 5.91 Å². The second kappa shape index (κ2) is 5.81. The van der Waals surface area contributed by atoms with Crippen LogP contribution in [0.5, 0.6) is 0 Å². The van der Waals surface area contributed by atoms with E-state index in [1.165, 1.54) is 36.3 Å². The van der Waals surface area contributed by atoms with Gasteiger partial charge >= 0.3 is 5.97 Å². The number of ether oxygens (including phenoxy) is 1. The van der Waals surface area contributed by atoms with Gasteiger partial charge in [-0.2, -0.15) is 0 Å². The van der Waals surface area contributed by atoms with Crippen LogP contribution < -0.4 is 4.90 Å². The van der Waals surface area contributed by atoms with Crippen molar-refractivity contribution >= 4 is 23.3 Å². The minimum absolute atomic E-state index is 0.0627. The van der Waals surface area contributed by atoms with Crippen LogP contribution in [0.1, 0.15) is 12.8 Å². The second-order valence-electron chi connectivity index (χ2n) is 4.60. The molecule has 1 aliphatic rings. The van der Waals surface area contributed by atoms with Crippen LogP contribution in [-0.2, 0) is 19.1 Å². The zero-order valence-electron chi connectivity index (χ0n) is 11.0. The molecule has 0 unspecified atom stereocenters. The summed E-state index contributed by atoms with van der Waals surface area (Å²) in [6, 6.07) is 5.49. The third kappa shape index (κ3) is 3.01. The molecular weight excluding hydrogens is 265 g/mol. The maximum Gasteiger partial charge on any atom is 0.313 e. The van der Waals surface area contributed by atoms with Crippen molar-refractivity contribution in [2.45, 2.75) is 12.8 Å². The highest BCUT2D eigenvalue weighted by Crippen LogP contribution is 2.26. The van der Waals surface area contributed by atoms with Gasteiger partial charge in [-0.15, -0.1) is 0 Å². The van der Waals surface area contributed by atoms with Crippen LogP contribution in [0.4, 0.5) is 10.1 Å². The Kier molecular flexibility index (Phi) is 4.12. The molecule has 1 aromatic carbocycles. The standard InChI is InChI=1S/C14H14FNO4/c1-20-14(19)7-12(17)9-6-13(18)16(8-9)11-4-2-10(15)3-5-11/h2-5,9H,6-8H2,1H3/t9-/m1/s1. The molecule has 1 fully saturated rings. The van der Waals surface area contributed by atoms with E-state index < -0.39 is 17.7 Å². The van der Waals surface area contributed by atoms with Crippen molar-refractivity contribution < 1.29 is 23.5 Å². The average molecular weight is 279 g/mol. The van der Waals surface area contributed by atoms with Crippen molar-refractivity contribution in [3.05, 3.63) is 30.1 Å². The molecule has 106 valence electrons. The largest absolute Gasteiger partial charge is 0.469 e. The lowest BCUT2D eigenvalue weighted by molar-refractivity contribution is -0.144. The number of hydrogen-bond donors (Lipinski definition) is 0. The fraction of sp³-hybridized carbons (Fsp3) is 0.357. The lowest BCUT2D eigenvalue weighted by Crippen LogP contribution is -2.26. The van der Waals surface area contributed by atoms with Gasteiger partial charge in [0.1, 0.15) is 18.0 Å². The van der Waals surface area contributed by atoms with E-state index in [0.717, 1.165) is 0 Å². The Hall–Kier alpha value is -2.24. The minimum atomic E-state index is -0.609. The van der Waals surface area contributed by atoms with E-state index in [-0.39, 0.29) is 31.1 Å². The molecule has 1 atom stereocenters. The fourth-order valence-corrected chi connectivity index (χ4v) is 2.15. The van der Waals surface area contributed by atoms with E-state index in [1.54, 1.807) is 0 Å². The van der Waals surface area contributed by atoms with Gasteiger partial charge in [0.05, 0.1) is 7.11 Å². The summed E-state index contributed by atoms with van der Waals surface area (Å²) < 4.78 is 17.3. The Morgan fingerprint density at radius 1 is 1.35 bits per heavy atom. The molecule has 1 heterocycles. The second-order valence-corrected chi connectivity index (χ2v) is 4.60. The first-order valence-electron chi connectivity index (χ1n) is 6.16. The quantitative estimate of drug-likeness (QED) is 0.616. The van der Waals surface area contributed by atoms with Gasteiger partial charge in [-0.1, -0.05) is 0 Å². The van der Waals surface area contributed by atoms with Crippen LogP contribution in [-0.4, -0.2) is 31.3 Å². The summed E-state index contributed by atoms with van der Waals surface area (Å²) in [4.78, 5) is 36.2. The van der Waals surface area contributed by atoms with E-state index in [2.05, 4.69) is 4.74 Å². The summed E-state index contributed by atoms with van der Waals surface area (Å²) in [6.07, 6.45) is -0.265. The predicted molar refractivity (Wildman–Crippen MR) is 68.5 cm³/mol. The monoisotopic (exact) mass is 279 g/mol. The number of esters is 1. The van der Waals surface area contributed by atoms with E-state index in [0.29, 0.717) is 5.69 Å². The molecule has 0 spiro atoms. The van der Waals surface area contributed by atoms with Crippen molar-refractivity contribution in [3.8, 4) is 0 Å². The van der Waals surface area contributed by atoms with Crippen LogP contribution in [0.3, 0.4) is 0 Å². The van der Waals surface area contributed by atoms with Crippen molar-refractivity contribution in [2.75, 3.05) is 18.6 Å². The molecule has 5 nitrogen and oxygen atoms in total. The number of nitrogens with zero attached hydrogens (tertiary/aromatic N) is 1. The van der Waals surface area contributed by atoms with Crippen molar-refractivity contribution in [3.63, 3.8) is 0 Å². The molecule has 0 bridgehead atoms. The van der Waals surface area contributed by atoms with Crippen LogP contribution in [0, 0.1) is 11.7 Å². The zero-order chi connectivity index (χ0) is 14.7. The highest BCUT2D eigenvalue weighted by molar-refractivity contribution is 6.04. The first-order chi connectivity index (χ1) is 9.51. The topological polar surface area (TPSA) is 63.7 Å². The summed E-state index contributed by atoms with van der Waals surface area (Å²) in [5.41, 5.74) is 0.546. The maximum atomic E-state index is 12.8. The normalized spacial score (nSPS) is 18.2. The summed E-state index contributed by atoms with van der Waals surface area (Å²) in [5.74, 6) is -2.04. The third-order valence-corrected chi connectivity index (χ3v) is 3.26. The molecule has 0 aliphatic carbocycles. The Bertz CT molecular complexity index is 541. The van der Waals surface area contributed by atoms with Crippen LogP contribution in [0.2, 0.25) is 0 Å². The van der Waals surface area contributed by atoms with Crippen LogP contribution in [0.25, 0.3) is 0 Å². The summed E-state index contributed by atoms with van der Waals surface area (Å²) >= 11 is 0. The Balaban J connectivity index is 2.05. The smallest absolute Gasteiger partial charge is 0.313 e. The number of amides is 1. The minimum Gasteiger partial charge on any atom is -0.469 e. The number of ketones is 1. The number of carbonyl (C=O) groups is 3. The van der Waals surface area contributed by atoms with Crippen molar-refractivity contribution in [1.29, 1.82) is 0 Å². The zero-order valence-corrected chi connectivity index (χ0v) is 11.0. The van der Waals surface area contributed by atoms with Gasteiger partial charge in [0.15, 0.2) is 0 Å². The van der Waals surface area contributed by atoms with Crippen molar-refractivity contribution in [2.24, 2.45) is 5.92 Å². The predicted octanol–water partition coefficient (Wildman–Crippen LogP) is 1.31. The molecule has 2 rings (SSSR count). The highest BCUT2D eigenvalue weighted by atomic mass is 19.1. The van der Waals surface area contributed by atoms with Gasteiger partial charge in [-0.3, -0.25) is 14.4 Å². The Labute approximate surface area is 115 Å². The SMILES string of the molecule is COC(=O)CC(=O)[C@@H]1CC(=O)N(c2ccc(F)cc2)C1. The molecule has 0 saturated carbocycles. The Morgan fingerprint density at radius 3 is 2.60 bits per heavy atom. The first-order valence-corrected chi connectivity index (χ1v) is 6.16. The third-order valence-electron chi connectivity index (χ3n) is 3.26.